The van der Waals surface area contributed by atoms with Crippen molar-refractivity contribution in [3.8, 4) is 0 Å². The summed E-state index contributed by atoms with van der Waals surface area (Å²) in [5.41, 5.74) is -1.06. The van der Waals surface area contributed by atoms with Crippen LogP contribution in [0, 0.1) is 11.8 Å². The lowest BCUT2D eigenvalue weighted by molar-refractivity contribution is -0.117. The van der Waals surface area contributed by atoms with Gasteiger partial charge in [-0.2, -0.15) is 0 Å². The van der Waals surface area contributed by atoms with Gasteiger partial charge < -0.3 is 10.2 Å². The summed E-state index contributed by atoms with van der Waals surface area (Å²) in [6, 6.07) is 0. The largest absolute Gasteiger partial charge is 0.386 e. The van der Waals surface area contributed by atoms with E-state index in [9.17, 15) is 15.0 Å². The number of carbonyl (C=O) groups is 1. The van der Waals surface area contributed by atoms with Crippen LogP contribution in [0.25, 0.3) is 0 Å². The lowest BCUT2D eigenvalue weighted by atomic mass is 9.84. The van der Waals surface area contributed by atoms with E-state index in [1.165, 1.54) is 0 Å². The fourth-order valence-electron chi connectivity index (χ4n) is 2.82. The summed E-state index contributed by atoms with van der Waals surface area (Å²) in [5.74, 6) is 0.597. The van der Waals surface area contributed by atoms with E-state index in [-0.39, 0.29) is 18.1 Å². The molecule has 0 radical (unpaired) electrons. The lowest BCUT2D eigenvalue weighted by Gasteiger charge is -2.25. The highest BCUT2D eigenvalue weighted by Crippen LogP contribution is 2.26. The van der Waals surface area contributed by atoms with Crippen LogP contribution in [0.4, 0.5) is 0 Å². The maximum Gasteiger partial charge on any atom is 0.158 e. The molecule has 1 rings (SSSR count). The third kappa shape index (κ3) is 7.76. The van der Waals surface area contributed by atoms with Gasteiger partial charge in [0.15, 0.2) is 5.78 Å². The van der Waals surface area contributed by atoms with Crippen LogP contribution in [-0.4, -0.2) is 27.2 Å². The third-order valence-electron chi connectivity index (χ3n) is 4.40. The van der Waals surface area contributed by atoms with Gasteiger partial charge in [-0.25, -0.2) is 0 Å². The van der Waals surface area contributed by atoms with Crippen molar-refractivity contribution in [2.45, 2.75) is 71.5 Å². The van der Waals surface area contributed by atoms with E-state index in [4.69, 9.17) is 0 Å². The third-order valence-corrected chi connectivity index (χ3v) is 4.40. The monoisotopic (exact) mass is 320 g/mol. The van der Waals surface area contributed by atoms with E-state index >= 15 is 0 Å². The smallest absolute Gasteiger partial charge is 0.158 e. The van der Waals surface area contributed by atoms with E-state index in [1.807, 2.05) is 32.1 Å². The molecule has 0 saturated carbocycles. The van der Waals surface area contributed by atoms with E-state index in [2.05, 4.69) is 13.8 Å². The summed E-state index contributed by atoms with van der Waals surface area (Å²) in [4.78, 5) is 12.1. The van der Waals surface area contributed by atoms with Gasteiger partial charge in [0.1, 0.15) is 0 Å². The average molecular weight is 320 g/mol. The Bertz CT molecular complexity index is 493. The second-order valence-corrected chi connectivity index (χ2v) is 7.76. The molecule has 23 heavy (non-hydrogen) atoms. The molecule has 3 heteroatoms. The molecule has 0 spiro atoms. The van der Waals surface area contributed by atoms with Gasteiger partial charge in [0, 0.05) is 6.42 Å². The van der Waals surface area contributed by atoms with Gasteiger partial charge in [-0.3, -0.25) is 4.79 Å². The highest BCUT2D eigenvalue weighted by atomic mass is 16.3. The van der Waals surface area contributed by atoms with Gasteiger partial charge in [-0.15, -0.1) is 0 Å². The molecule has 0 unspecified atom stereocenters. The minimum atomic E-state index is -1.14. The standard InChI is InChI=1S/C20H32O3/c1-15(2)17-8-11-19(4,22)10-6-7-16(3)13-18(21)14-20(5,23)12-9-17/h6,9-10,12-13,15,17,22-23H,7-8,11,14H2,1-5H3/b10-6+,12-9+,16-13+/t17-,19+,20-/m1/s1. The van der Waals surface area contributed by atoms with Gasteiger partial charge in [0.25, 0.3) is 0 Å². The van der Waals surface area contributed by atoms with Gasteiger partial charge in [-0.05, 0) is 57.9 Å². The van der Waals surface area contributed by atoms with Crippen molar-refractivity contribution in [1.29, 1.82) is 0 Å². The van der Waals surface area contributed by atoms with Crippen LogP contribution in [-0.2, 0) is 4.79 Å². The normalized spacial score (nSPS) is 39.4. The minimum Gasteiger partial charge on any atom is -0.386 e. The predicted octanol–water partition coefficient (Wildman–Crippen LogP) is 3.96. The first-order valence-electron chi connectivity index (χ1n) is 8.52. The summed E-state index contributed by atoms with van der Waals surface area (Å²) < 4.78 is 0. The molecule has 0 fully saturated rings. The predicted molar refractivity (Wildman–Crippen MR) is 95.1 cm³/mol. The lowest BCUT2D eigenvalue weighted by Crippen LogP contribution is -2.26. The molecule has 3 nitrogen and oxygen atoms in total. The molecule has 3 atom stereocenters. The van der Waals surface area contributed by atoms with Gasteiger partial charge in [0.2, 0.25) is 0 Å². The van der Waals surface area contributed by atoms with Gasteiger partial charge in [0.05, 0.1) is 11.2 Å². The minimum absolute atomic E-state index is 0.0736. The number of hydrogen-bond donors (Lipinski definition) is 2. The van der Waals surface area contributed by atoms with Crippen molar-refractivity contribution in [2.75, 3.05) is 0 Å². The fraction of sp³-hybridized carbons (Fsp3) is 0.650. The Labute approximate surface area is 140 Å². The topological polar surface area (TPSA) is 57.5 Å². The Morgan fingerprint density at radius 1 is 1.17 bits per heavy atom. The van der Waals surface area contributed by atoms with Crippen LogP contribution < -0.4 is 0 Å². The molecule has 0 amide bonds. The molecule has 0 aromatic heterocycles. The molecule has 0 bridgehead atoms. The molecule has 2 N–H and O–H groups in total. The molecule has 0 aliphatic heterocycles. The van der Waals surface area contributed by atoms with Crippen molar-refractivity contribution >= 4 is 5.78 Å². The zero-order chi connectivity index (χ0) is 17.7. The molecule has 1 aliphatic rings. The number of hydrogen-bond acceptors (Lipinski definition) is 3. The molecule has 0 saturated heterocycles. The molecule has 0 aromatic carbocycles. The zero-order valence-corrected chi connectivity index (χ0v) is 15.2. The van der Waals surface area contributed by atoms with E-state index < -0.39 is 11.2 Å². The van der Waals surface area contributed by atoms with Crippen LogP contribution in [0.1, 0.15) is 60.3 Å². The van der Waals surface area contributed by atoms with Crippen LogP contribution in [0.3, 0.4) is 0 Å². The average Bonchev–Trinajstić information content (AvgIpc) is 2.35. The molecule has 130 valence electrons. The first-order chi connectivity index (χ1) is 10.5. The Kier molecular flexibility index (Phi) is 6.97. The van der Waals surface area contributed by atoms with Crippen molar-refractivity contribution in [2.24, 2.45) is 11.8 Å². The van der Waals surface area contributed by atoms with Gasteiger partial charge in [-0.1, -0.05) is 43.7 Å². The van der Waals surface area contributed by atoms with E-state index in [0.717, 1.165) is 12.0 Å². The number of ketones is 1. The molecular formula is C20H32O3. The van der Waals surface area contributed by atoms with Crippen molar-refractivity contribution in [1.82, 2.24) is 0 Å². The summed E-state index contributed by atoms with van der Waals surface area (Å²) in [6.07, 6.45) is 11.3. The van der Waals surface area contributed by atoms with Crippen LogP contribution in [0.5, 0.6) is 0 Å². The fourth-order valence-corrected chi connectivity index (χ4v) is 2.82. The summed E-state index contributed by atoms with van der Waals surface area (Å²) in [7, 11) is 0. The molecule has 1 aliphatic carbocycles. The Balaban J connectivity index is 3.08. The summed E-state index contributed by atoms with van der Waals surface area (Å²) in [5, 5.41) is 20.9. The highest BCUT2D eigenvalue weighted by molar-refractivity contribution is 5.91. The van der Waals surface area contributed by atoms with Crippen molar-refractivity contribution in [3.05, 3.63) is 36.0 Å². The van der Waals surface area contributed by atoms with Crippen molar-refractivity contribution < 1.29 is 15.0 Å². The van der Waals surface area contributed by atoms with Gasteiger partial charge >= 0.3 is 0 Å². The Morgan fingerprint density at radius 3 is 2.43 bits per heavy atom. The maximum atomic E-state index is 12.1. The van der Waals surface area contributed by atoms with Crippen LogP contribution in [0.2, 0.25) is 0 Å². The maximum absolute atomic E-state index is 12.1. The summed E-state index contributed by atoms with van der Waals surface area (Å²) >= 11 is 0. The second-order valence-electron chi connectivity index (χ2n) is 7.76. The molecular weight excluding hydrogens is 288 g/mol. The van der Waals surface area contributed by atoms with E-state index in [0.29, 0.717) is 18.8 Å². The number of allylic oxidation sites excluding steroid dienone is 4. The quantitative estimate of drug-likeness (QED) is 0.719. The molecule has 0 aromatic rings. The second kappa shape index (κ2) is 8.07. The van der Waals surface area contributed by atoms with Crippen LogP contribution >= 0.6 is 0 Å². The zero-order valence-electron chi connectivity index (χ0n) is 15.2. The molecule has 0 heterocycles. The number of rotatable bonds is 1. The first kappa shape index (κ1) is 19.9. The SMILES string of the molecule is C/C1=C\C(=O)C[C@](C)(O)/C=C/[C@H](C(C)C)CC[C@@](C)(O)/C=C/C1. The summed E-state index contributed by atoms with van der Waals surface area (Å²) in [6.45, 7) is 9.65. The van der Waals surface area contributed by atoms with E-state index in [1.54, 1.807) is 19.1 Å². The number of carbonyl (C=O) groups excluding carboxylic acids is 1. The highest BCUT2D eigenvalue weighted by Gasteiger charge is 2.23. The number of aliphatic hydroxyl groups is 2. The first-order valence-corrected chi connectivity index (χ1v) is 8.52. The van der Waals surface area contributed by atoms with Crippen LogP contribution in [0.15, 0.2) is 36.0 Å². The Hall–Kier alpha value is -1.19. The van der Waals surface area contributed by atoms with Crippen molar-refractivity contribution in [3.63, 3.8) is 0 Å². The Morgan fingerprint density at radius 2 is 1.83 bits per heavy atom.